The molecule has 0 atom stereocenters. The molecule has 0 bridgehead atoms. The Hall–Kier alpha value is -0.720. The Morgan fingerprint density at radius 1 is 1.50 bits per heavy atom. The van der Waals surface area contributed by atoms with Gasteiger partial charge in [-0.05, 0) is 24.6 Å². The molecule has 0 aromatic heterocycles. The van der Waals surface area contributed by atoms with E-state index < -0.39 is 0 Å². The Labute approximate surface area is 63.8 Å². The summed E-state index contributed by atoms with van der Waals surface area (Å²) in [6, 6.07) is 0. The van der Waals surface area contributed by atoms with Crippen molar-refractivity contribution < 1.29 is 0 Å². The lowest BCUT2D eigenvalue weighted by atomic mass is 10.1. The number of hydrogen-bond acceptors (Lipinski definition) is 1. The topological polar surface area (TPSA) is 12.0 Å². The second-order valence-corrected chi connectivity index (χ2v) is 2.73. The molecule has 0 saturated heterocycles. The summed E-state index contributed by atoms with van der Waals surface area (Å²) < 4.78 is 0. The molecule has 58 valence electrons. The van der Waals surface area contributed by atoms with E-state index in [1.165, 1.54) is 6.42 Å². The van der Waals surface area contributed by atoms with Gasteiger partial charge in [0.1, 0.15) is 0 Å². The lowest BCUT2D eigenvalue weighted by Crippen LogP contribution is -2.08. The standard InChI is InChI=1S/C9H17N/c1-4-5-7-10-8-6-9(2)3/h4-5,7,9-10H,1,6,8H2,2-3H3/b7-5-. The molecule has 0 saturated carbocycles. The highest BCUT2D eigenvalue weighted by atomic mass is 14.8. The van der Waals surface area contributed by atoms with Crippen LogP contribution < -0.4 is 5.32 Å². The van der Waals surface area contributed by atoms with Crippen LogP contribution in [0, 0.1) is 5.92 Å². The summed E-state index contributed by atoms with van der Waals surface area (Å²) in [6.45, 7) is 9.07. The summed E-state index contributed by atoms with van der Waals surface area (Å²) in [5.74, 6) is 0.782. The Morgan fingerprint density at radius 2 is 2.20 bits per heavy atom. The van der Waals surface area contributed by atoms with Crippen molar-refractivity contribution in [2.75, 3.05) is 6.54 Å². The fourth-order valence-corrected chi connectivity index (χ4v) is 0.591. The van der Waals surface area contributed by atoms with Gasteiger partial charge in [-0.2, -0.15) is 0 Å². The van der Waals surface area contributed by atoms with Crippen molar-refractivity contribution in [2.45, 2.75) is 20.3 Å². The van der Waals surface area contributed by atoms with E-state index >= 15 is 0 Å². The van der Waals surface area contributed by atoms with Gasteiger partial charge in [-0.15, -0.1) is 0 Å². The molecule has 0 aliphatic rings. The lowest BCUT2D eigenvalue weighted by molar-refractivity contribution is 0.571. The maximum atomic E-state index is 3.57. The zero-order valence-electron chi connectivity index (χ0n) is 6.93. The average Bonchev–Trinajstić information content (AvgIpc) is 1.87. The molecule has 0 heterocycles. The van der Waals surface area contributed by atoms with Crippen LogP contribution in [-0.2, 0) is 0 Å². The van der Waals surface area contributed by atoms with E-state index in [0.717, 1.165) is 12.5 Å². The quantitative estimate of drug-likeness (QED) is 0.455. The predicted octanol–water partition coefficient (Wildman–Crippen LogP) is 2.32. The summed E-state index contributed by atoms with van der Waals surface area (Å²) in [5, 5.41) is 3.17. The van der Waals surface area contributed by atoms with E-state index in [9.17, 15) is 0 Å². The molecule has 0 aliphatic heterocycles. The number of rotatable bonds is 5. The van der Waals surface area contributed by atoms with Crippen molar-refractivity contribution in [3.05, 3.63) is 24.9 Å². The van der Waals surface area contributed by atoms with Crippen LogP contribution in [0.4, 0.5) is 0 Å². The zero-order chi connectivity index (χ0) is 7.82. The molecule has 10 heavy (non-hydrogen) atoms. The first-order valence-corrected chi connectivity index (χ1v) is 3.78. The van der Waals surface area contributed by atoms with Crippen LogP contribution in [0.1, 0.15) is 20.3 Å². The first kappa shape index (κ1) is 9.28. The Balaban J connectivity index is 3.04. The summed E-state index contributed by atoms with van der Waals surface area (Å²) in [7, 11) is 0. The molecule has 0 aromatic carbocycles. The highest BCUT2D eigenvalue weighted by Gasteiger charge is 1.89. The molecule has 0 spiro atoms. The van der Waals surface area contributed by atoms with Gasteiger partial charge in [0.15, 0.2) is 0 Å². The van der Waals surface area contributed by atoms with Gasteiger partial charge in [0.05, 0.1) is 0 Å². The monoisotopic (exact) mass is 139 g/mol. The fourth-order valence-electron chi connectivity index (χ4n) is 0.591. The third-order valence-corrected chi connectivity index (χ3v) is 1.22. The summed E-state index contributed by atoms with van der Waals surface area (Å²) in [4.78, 5) is 0. The molecule has 1 N–H and O–H groups in total. The molecule has 0 fully saturated rings. The van der Waals surface area contributed by atoms with Crippen LogP contribution >= 0.6 is 0 Å². The van der Waals surface area contributed by atoms with Gasteiger partial charge in [0.2, 0.25) is 0 Å². The van der Waals surface area contributed by atoms with Crippen molar-refractivity contribution in [2.24, 2.45) is 5.92 Å². The van der Waals surface area contributed by atoms with Crippen LogP contribution in [-0.4, -0.2) is 6.54 Å². The van der Waals surface area contributed by atoms with Crippen LogP contribution in [0.2, 0.25) is 0 Å². The van der Waals surface area contributed by atoms with Gasteiger partial charge < -0.3 is 5.32 Å². The van der Waals surface area contributed by atoms with Gasteiger partial charge in [0, 0.05) is 6.54 Å². The van der Waals surface area contributed by atoms with Crippen molar-refractivity contribution in [1.82, 2.24) is 5.32 Å². The second-order valence-electron chi connectivity index (χ2n) is 2.73. The maximum Gasteiger partial charge on any atom is 0.0143 e. The van der Waals surface area contributed by atoms with E-state index in [0.29, 0.717) is 0 Å². The summed E-state index contributed by atoms with van der Waals surface area (Å²) in [6.07, 6.45) is 6.82. The van der Waals surface area contributed by atoms with Crippen molar-refractivity contribution in [1.29, 1.82) is 0 Å². The molecule has 1 heteroatoms. The SMILES string of the molecule is C=C/C=C\NCCC(C)C. The number of allylic oxidation sites excluding steroid dienone is 2. The minimum Gasteiger partial charge on any atom is -0.391 e. The molecule has 0 aromatic rings. The lowest BCUT2D eigenvalue weighted by Gasteiger charge is -2.02. The normalized spacial score (nSPS) is 10.7. The Morgan fingerprint density at radius 3 is 2.70 bits per heavy atom. The molecule has 0 unspecified atom stereocenters. The third-order valence-electron chi connectivity index (χ3n) is 1.22. The molecule has 1 nitrogen and oxygen atoms in total. The smallest absolute Gasteiger partial charge is 0.0143 e. The molecular weight excluding hydrogens is 122 g/mol. The largest absolute Gasteiger partial charge is 0.391 e. The van der Waals surface area contributed by atoms with Crippen LogP contribution in [0.15, 0.2) is 24.9 Å². The second kappa shape index (κ2) is 6.40. The first-order valence-electron chi connectivity index (χ1n) is 3.78. The van der Waals surface area contributed by atoms with E-state index in [1.807, 2.05) is 12.3 Å². The van der Waals surface area contributed by atoms with Crippen LogP contribution in [0.25, 0.3) is 0 Å². The maximum absolute atomic E-state index is 3.57. The van der Waals surface area contributed by atoms with E-state index in [-0.39, 0.29) is 0 Å². The number of hydrogen-bond donors (Lipinski definition) is 1. The fraction of sp³-hybridized carbons (Fsp3) is 0.556. The minimum atomic E-state index is 0.782. The molecular formula is C9H17N. The van der Waals surface area contributed by atoms with E-state index in [2.05, 4.69) is 25.7 Å². The predicted molar refractivity (Wildman–Crippen MR) is 46.8 cm³/mol. The van der Waals surface area contributed by atoms with E-state index in [1.54, 1.807) is 6.08 Å². The Kier molecular flexibility index (Phi) is 5.94. The summed E-state index contributed by atoms with van der Waals surface area (Å²) in [5.41, 5.74) is 0. The van der Waals surface area contributed by atoms with Crippen molar-refractivity contribution in [3.63, 3.8) is 0 Å². The average molecular weight is 139 g/mol. The minimum absolute atomic E-state index is 0.782. The van der Waals surface area contributed by atoms with Gasteiger partial charge in [-0.3, -0.25) is 0 Å². The van der Waals surface area contributed by atoms with Gasteiger partial charge in [-0.25, -0.2) is 0 Å². The first-order chi connectivity index (χ1) is 4.77. The number of nitrogens with one attached hydrogen (secondary N) is 1. The highest BCUT2D eigenvalue weighted by Crippen LogP contribution is 1.95. The van der Waals surface area contributed by atoms with Crippen molar-refractivity contribution >= 4 is 0 Å². The van der Waals surface area contributed by atoms with Gasteiger partial charge in [-0.1, -0.05) is 26.5 Å². The van der Waals surface area contributed by atoms with Crippen LogP contribution in [0.3, 0.4) is 0 Å². The molecule has 0 amide bonds. The third kappa shape index (κ3) is 7.28. The zero-order valence-corrected chi connectivity index (χ0v) is 6.93. The van der Waals surface area contributed by atoms with E-state index in [4.69, 9.17) is 0 Å². The van der Waals surface area contributed by atoms with Crippen molar-refractivity contribution in [3.8, 4) is 0 Å². The molecule has 0 radical (unpaired) electrons. The molecule has 0 aliphatic carbocycles. The Bertz CT molecular complexity index is 103. The molecule has 0 rings (SSSR count). The highest BCUT2D eigenvalue weighted by molar-refractivity contribution is 4.95. The van der Waals surface area contributed by atoms with Gasteiger partial charge in [0.25, 0.3) is 0 Å². The van der Waals surface area contributed by atoms with Gasteiger partial charge >= 0.3 is 0 Å². The summed E-state index contributed by atoms with van der Waals surface area (Å²) >= 11 is 0. The van der Waals surface area contributed by atoms with Crippen LogP contribution in [0.5, 0.6) is 0 Å².